The van der Waals surface area contributed by atoms with Crippen molar-refractivity contribution >= 4 is 17.5 Å². The van der Waals surface area contributed by atoms with Crippen molar-refractivity contribution < 1.29 is 18.0 Å². The molecule has 1 amide bonds. The lowest BCUT2D eigenvalue weighted by atomic mass is 10.1. The number of aromatic nitrogens is 1. The van der Waals surface area contributed by atoms with Crippen LogP contribution in [0.25, 0.3) is 11.3 Å². The quantitative estimate of drug-likeness (QED) is 0.788. The number of primary amides is 1. The molecule has 0 spiro atoms. The van der Waals surface area contributed by atoms with E-state index in [1.807, 2.05) is 4.57 Å². The van der Waals surface area contributed by atoms with Gasteiger partial charge in [-0.3, -0.25) is 4.79 Å². The molecule has 1 aliphatic rings. The molecule has 2 aromatic rings. The minimum absolute atomic E-state index is 0.203. The molecule has 0 saturated heterocycles. The van der Waals surface area contributed by atoms with E-state index >= 15 is 0 Å². The molecule has 2 N–H and O–H groups in total. The van der Waals surface area contributed by atoms with Crippen LogP contribution in [0.1, 0.15) is 40.9 Å². The molecule has 134 valence electrons. The normalized spacial score (nSPS) is 14.8. The summed E-state index contributed by atoms with van der Waals surface area (Å²) in [5.41, 5.74) is 6.33. The molecule has 0 aliphatic heterocycles. The number of nitrogens with zero attached hydrogens (tertiary/aromatic N) is 1. The van der Waals surface area contributed by atoms with Crippen molar-refractivity contribution in [2.75, 3.05) is 0 Å². The van der Waals surface area contributed by atoms with Gasteiger partial charge in [-0.2, -0.15) is 13.2 Å². The second kappa shape index (κ2) is 6.41. The van der Waals surface area contributed by atoms with Gasteiger partial charge in [0.25, 0.3) is 5.91 Å². The van der Waals surface area contributed by atoms with E-state index in [1.165, 1.54) is 25.0 Å². The third-order valence-corrected chi connectivity index (χ3v) is 4.99. The van der Waals surface area contributed by atoms with Gasteiger partial charge in [0.05, 0.1) is 16.8 Å². The average molecular weight is 371 g/mol. The Labute approximate surface area is 148 Å². The topological polar surface area (TPSA) is 48.0 Å². The molecule has 1 saturated carbocycles. The number of carbonyl (C=O) groups excluding carboxylic acids is 1. The second-order valence-electron chi connectivity index (χ2n) is 6.47. The largest absolute Gasteiger partial charge is 0.416 e. The number of carbonyl (C=O) groups is 1. The summed E-state index contributed by atoms with van der Waals surface area (Å²) >= 11 is 6.17. The van der Waals surface area contributed by atoms with Crippen molar-refractivity contribution in [1.29, 1.82) is 0 Å². The second-order valence-corrected chi connectivity index (χ2v) is 6.88. The van der Waals surface area contributed by atoms with Crippen LogP contribution in [0.3, 0.4) is 0 Å². The number of nitrogens with two attached hydrogens (primary N) is 1. The Morgan fingerprint density at radius 3 is 2.56 bits per heavy atom. The fourth-order valence-corrected chi connectivity index (χ4v) is 3.24. The maximum Gasteiger partial charge on any atom is 0.416 e. The summed E-state index contributed by atoms with van der Waals surface area (Å²) in [5, 5.41) is 0.203. The van der Waals surface area contributed by atoms with Gasteiger partial charge in [-0.05, 0) is 43.5 Å². The number of hydrogen-bond acceptors (Lipinski definition) is 1. The maximum absolute atomic E-state index is 13.1. The molecule has 3 rings (SSSR count). The third kappa shape index (κ3) is 3.68. The first-order chi connectivity index (χ1) is 11.7. The standard InChI is InChI=1S/C18H18ClF3N2O/c1-10-13(17(23)25)9-16(24(10)7-6-11-2-3-11)14-8-12(18(20,21)22)4-5-15(14)19/h4-5,8-9,11H,2-3,6-7H2,1H3,(H2,23,25). The molecule has 3 nitrogen and oxygen atoms in total. The molecule has 25 heavy (non-hydrogen) atoms. The van der Waals surface area contributed by atoms with Gasteiger partial charge in [-0.25, -0.2) is 0 Å². The zero-order chi connectivity index (χ0) is 18.4. The van der Waals surface area contributed by atoms with Crippen molar-refractivity contribution in [1.82, 2.24) is 4.57 Å². The Morgan fingerprint density at radius 2 is 2.00 bits per heavy atom. The van der Waals surface area contributed by atoms with E-state index < -0.39 is 17.6 Å². The molecule has 0 unspecified atom stereocenters. The Balaban J connectivity index is 2.11. The first-order valence-electron chi connectivity index (χ1n) is 8.05. The third-order valence-electron chi connectivity index (χ3n) is 4.66. The molecule has 1 fully saturated rings. The molecule has 0 radical (unpaired) electrons. The minimum Gasteiger partial charge on any atom is -0.366 e. The van der Waals surface area contributed by atoms with Gasteiger partial charge in [0.2, 0.25) is 0 Å². The Morgan fingerprint density at radius 1 is 1.32 bits per heavy atom. The van der Waals surface area contributed by atoms with Crippen LogP contribution in [0.15, 0.2) is 24.3 Å². The van der Waals surface area contributed by atoms with E-state index in [1.54, 1.807) is 6.92 Å². The highest BCUT2D eigenvalue weighted by molar-refractivity contribution is 6.33. The number of halogens is 4. The van der Waals surface area contributed by atoms with Crippen molar-refractivity contribution in [3.8, 4) is 11.3 Å². The molecule has 1 heterocycles. The van der Waals surface area contributed by atoms with Crippen LogP contribution in [0.2, 0.25) is 5.02 Å². The van der Waals surface area contributed by atoms with Gasteiger partial charge >= 0.3 is 6.18 Å². The summed E-state index contributed by atoms with van der Waals surface area (Å²) in [7, 11) is 0. The Kier molecular flexibility index (Phi) is 4.58. The highest BCUT2D eigenvalue weighted by Gasteiger charge is 2.32. The van der Waals surface area contributed by atoms with E-state index in [9.17, 15) is 18.0 Å². The first-order valence-corrected chi connectivity index (χ1v) is 8.43. The van der Waals surface area contributed by atoms with Crippen molar-refractivity contribution in [3.63, 3.8) is 0 Å². The Hall–Kier alpha value is -1.95. The summed E-state index contributed by atoms with van der Waals surface area (Å²) in [6.45, 7) is 2.36. The number of amides is 1. The predicted octanol–water partition coefficient (Wildman–Crippen LogP) is 5.03. The molecule has 1 aromatic heterocycles. The number of rotatable bonds is 5. The van der Waals surface area contributed by atoms with Gasteiger partial charge in [0.15, 0.2) is 0 Å². The minimum atomic E-state index is -4.47. The number of hydrogen-bond donors (Lipinski definition) is 1. The zero-order valence-corrected chi connectivity index (χ0v) is 14.4. The zero-order valence-electron chi connectivity index (χ0n) is 13.7. The lowest BCUT2D eigenvalue weighted by molar-refractivity contribution is -0.137. The van der Waals surface area contributed by atoms with Crippen LogP contribution < -0.4 is 5.73 Å². The fraction of sp³-hybridized carbons (Fsp3) is 0.389. The van der Waals surface area contributed by atoms with Crippen LogP contribution in [-0.4, -0.2) is 10.5 Å². The van der Waals surface area contributed by atoms with E-state index in [4.69, 9.17) is 17.3 Å². The monoisotopic (exact) mass is 370 g/mol. The van der Waals surface area contributed by atoms with Crippen LogP contribution in [0.4, 0.5) is 13.2 Å². The highest BCUT2D eigenvalue weighted by Crippen LogP contribution is 2.38. The molecule has 1 aromatic carbocycles. The number of benzene rings is 1. The first kappa shape index (κ1) is 17.9. The van der Waals surface area contributed by atoms with Crippen LogP contribution in [0.5, 0.6) is 0 Å². The summed E-state index contributed by atoms with van der Waals surface area (Å²) in [6, 6.07) is 4.74. The highest BCUT2D eigenvalue weighted by atomic mass is 35.5. The molecular weight excluding hydrogens is 353 g/mol. The smallest absolute Gasteiger partial charge is 0.366 e. The van der Waals surface area contributed by atoms with Crippen molar-refractivity contribution in [2.45, 2.75) is 38.9 Å². The van der Waals surface area contributed by atoms with Crippen LogP contribution in [-0.2, 0) is 12.7 Å². The van der Waals surface area contributed by atoms with Gasteiger partial charge in [-0.1, -0.05) is 24.4 Å². The van der Waals surface area contributed by atoms with E-state index in [2.05, 4.69) is 0 Å². The van der Waals surface area contributed by atoms with Crippen molar-refractivity contribution in [2.24, 2.45) is 11.7 Å². The summed E-state index contributed by atoms with van der Waals surface area (Å²) in [4.78, 5) is 11.7. The Bertz CT molecular complexity index is 822. The predicted molar refractivity (Wildman–Crippen MR) is 90.5 cm³/mol. The van der Waals surface area contributed by atoms with Crippen molar-refractivity contribution in [3.05, 3.63) is 46.1 Å². The maximum atomic E-state index is 13.1. The summed E-state index contributed by atoms with van der Waals surface area (Å²) < 4.78 is 41.0. The SMILES string of the molecule is Cc1c(C(N)=O)cc(-c2cc(C(F)(F)F)ccc2Cl)n1CCC1CC1. The van der Waals surface area contributed by atoms with Gasteiger partial charge in [-0.15, -0.1) is 0 Å². The van der Waals surface area contributed by atoms with Gasteiger partial charge in [0.1, 0.15) is 0 Å². The molecule has 0 atom stereocenters. The van der Waals surface area contributed by atoms with E-state index in [-0.39, 0.29) is 10.6 Å². The van der Waals surface area contributed by atoms with Gasteiger partial charge < -0.3 is 10.3 Å². The van der Waals surface area contributed by atoms with Crippen LogP contribution in [0, 0.1) is 12.8 Å². The molecule has 0 bridgehead atoms. The van der Waals surface area contributed by atoms with Gasteiger partial charge in [0, 0.05) is 22.8 Å². The lowest BCUT2D eigenvalue weighted by Crippen LogP contribution is -2.12. The van der Waals surface area contributed by atoms with Crippen LogP contribution >= 0.6 is 11.6 Å². The molecule has 1 aliphatic carbocycles. The van der Waals surface area contributed by atoms with E-state index in [0.717, 1.165) is 18.6 Å². The summed E-state index contributed by atoms with van der Waals surface area (Å²) in [6.07, 6.45) is -1.21. The lowest BCUT2D eigenvalue weighted by Gasteiger charge is -2.15. The molecule has 7 heteroatoms. The van der Waals surface area contributed by atoms with E-state index in [0.29, 0.717) is 29.4 Å². The summed E-state index contributed by atoms with van der Waals surface area (Å²) in [5.74, 6) is 0.0377. The fourth-order valence-electron chi connectivity index (χ4n) is 3.02. The molecular formula is C18H18ClF3N2O. The number of alkyl halides is 3. The average Bonchev–Trinajstić information content (AvgIpc) is 3.28.